The fraction of sp³-hybridized carbons (Fsp3) is 0.182. The van der Waals surface area contributed by atoms with Crippen LogP contribution in [0.2, 0.25) is 0 Å². The second-order valence-electron chi connectivity index (χ2n) is 7.10. The molecule has 154 valence electrons. The van der Waals surface area contributed by atoms with Gasteiger partial charge in [0.25, 0.3) is 11.1 Å². The lowest BCUT2D eigenvalue weighted by Crippen LogP contribution is -2.22. The van der Waals surface area contributed by atoms with Crippen LogP contribution in [0.3, 0.4) is 0 Å². The molecule has 0 saturated heterocycles. The molecule has 30 heavy (non-hydrogen) atoms. The Labute approximate surface area is 170 Å². The summed E-state index contributed by atoms with van der Waals surface area (Å²) in [6.45, 7) is 0.611. The summed E-state index contributed by atoms with van der Waals surface area (Å²) in [4.78, 5) is 28.2. The molecule has 0 aliphatic carbocycles. The zero-order chi connectivity index (χ0) is 21.6. The molecule has 4 rings (SSSR count). The van der Waals surface area contributed by atoms with Crippen LogP contribution in [0.4, 0.5) is 8.78 Å². The number of alkyl halides is 2. The van der Waals surface area contributed by atoms with Crippen molar-refractivity contribution in [3.63, 3.8) is 0 Å². The fourth-order valence-electron chi connectivity index (χ4n) is 3.54. The minimum atomic E-state index is -3.01. The molecule has 0 aliphatic heterocycles. The first-order chi connectivity index (χ1) is 14.3. The number of ether oxygens (including phenoxy) is 1. The molecule has 0 amide bonds. The van der Waals surface area contributed by atoms with E-state index in [1.54, 1.807) is 25.5 Å². The molecule has 4 aromatic rings. The Bertz CT molecular complexity index is 1360. The fourth-order valence-corrected chi connectivity index (χ4v) is 3.54. The molecule has 8 heteroatoms. The summed E-state index contributed by atoms with van der Waals surface area (Å²) >= 11 is 0. The predicted octanol–water partition coefficient (Wildman–Crippen LogP) is 4.50. The molecular weight excluding hydrogens is 392 g/mol. The molecule has 0 bridgehead atoms. The minimum absolute atomic E-state index is 0.226. The number of fused-ring (bicyclic) bond motifs is 1. The quantitative estimate of drug-likeness (QED) is 0.538. The van der Waals surface area contributed by atoms with Crippen molar-refractivity contribution in [2.75, 3.05) is 0 Å². The van der Waals surface area contributed by atoms with E-state index in [0.717, 1.165) is 17.3 Å². The predicted molar refractivity (Wildman–Crippen MR) is 110 cm³/mol. The highest BCUT2D eigenvalue weighted by Gasteiger charge is 2.22. The minimum Gasteiger partial charge on any atom is -0.450 e. The number of para-hydroxylation sites is 1. The van der Waals surface area contributed by atoms with Crippen LogP contribution >= 0.6 is 0 Å². The Hall–Kier alpha value is -3.68. The van der Waals surface area contributed by atoms with Crippen molar-refractivity contribution in [2.24, 2.45) is 7.05 Å². The van der Waals surface area contributed by atoms with E-state index in [2.05, 4.69) is 4.98 Å². The van der Waals surface area contributed by atoms with E-state index < -0.39 is 12.1 Å². The van der Waals surface area contributed by atoms with Gasteiger partial charge in [0, 0.05) is 42.2 Å². The van der Waals surface area contributed by atoms with Gasteiger partial charge in [-0.2, -0.15) is 8.78 Å². The number of pyridine rings is 2. The van der Waals surface area contributed by atoms with Gasteiger partial charge in [0.2, 0.25) is 5.75 Å². The summed E-state index contributed by atoms with van der Waals surface area (Å²) in [5, 5.41) is 0.568. The molecule has 3 aromatic heterocycles. The van der Waals surface area contributed by atoms with Gasteiger partial charge < -0.3 is 14.3 Å². The third kappa shape index (κ3) is 3.10. The van der Waals surface area contributed by atoms with Gasteiger partial charge in [-0.1, -0.05) is 18.2 Å². The SMILES string of the molecule is Cc1cccc(C)c1Oc1c(-c2cn(C)c(=O)c3[nH]ccc23)ccn(C(F)F)c1=O. The van der Waals surface area contributed by atoms with Gasteiger partial charge in [0.1, 0.15) is 11.3 Å². The van der Waals surface area contributed by atoms with Crippen LogP contribution in [0.1, 0.15) is 17.7 Å². The monoisotopic (exact) mass is 411 g/mol. The third-order valence-corrected chi connectivity index (χ3v) is 5.08. The second-order valence-corrected chi connectivity index (χ2v) is 7.10. The van der Waals surface area contributed by atoms with Crippen molar-refractivity contribution in [2.45, 2.75) is 20.4 Å². The molecule has 0 radical (unpaired) electrons. The molecule has 3 heterocycles. The Balaban J connectivity index is 2.04. The number of hydrogen-bond donors (Lipinski definition) is 1. The first kappa shape index (κ1) is 19.6. The van der Waals surface area contributed by atoms with E-state index in [9.17, 15) is 18.4 Å². The first-order valence-corrected chi connectivity index (χ1v) is 9.24. The van der Waals surface area contributed by atoms with E-state index in [0.29, 0.717) is 32.3 Å². The van der Waals surface area contributed by atoms with Gasteiger partial charge in [-0.3, -0.25) is 14.2 Å². The largest absolute Gasteiger partial charge is 0.450 e. The number of halogens is 2. The highest BCUT2D eigenvalue weighted by atomic mass is 19.3. The highest BCUT2D eigenvalue weighted by molar-refractivity contribution is 5.95. The number of benzene rings is 1. The number of aryl methyl sites for hydroxylation is 3. The highest BCUT2D eigenvalue weighted by Crippen LogP contribution is 2.36. The maximum atomic E-state index is 13.4. The number of nitrogens with zero attached hydrogens (tertiary/aromatic N) is 2. The molecule has 0 aliphatic rings. The summed E-state index contributed by atoms with van der Waals surface area (Å²) < 4.78 is 34.5. The van der Waals surface area contributed by atoms with Gasteiger partial charge in [-0.15, -0.1) is 0 Å². The molecule has 6 nitrogen and oxygen atoms in total. The molecule has 0 spiro atoms. The average Bonchev–Trinajstić information content (AvgIpc) is 3.18. The maximum absolute atomic E-state index is 13.4. The van der Waals surface area contributed by atoms with Crippen LogP contribution in [0.5, 0.6) is 11.5 Å². The summed E-state index contributed by atoms with van der Waals surface area (Å²) in [6, 6.07) is 8.58. The van der Waals surface area contributed by atoms with Crippen molar-refractivity contribution in [1.82, 2.24) is 14.1 Å². The van der Waals surface area contributed by atoms with Crippen molar-refractivity contribution < 1.29 is 13.5 Å². The number of rotatable bonds is 4. The van der Waals surface area contributed by atoms with Gasteiger partial charge >= 0.3 is 6.55 Å². The Kier molecular flexibility index (Phi) is 4.77. The molecule has 1 aromatic carbocycles. The van der Waals surface area contributed by atoms with E-state index in [1.807, 2.05) is 32.0 Å². The lowest BCUT2D eigenvalue weighted by molar-refractivity contribution is 0.0656. The number of H-pyrrole nitrogens is 1. The van der Waals surface area contributed by atoms with E-state index in [-0.39, 0.29) is 11.3 Å². The molecule has 0 fully saturated rings. The zero-order valence-electron chi connectivity index (χ0n) is 16.6. The van der Waals surface area contributed by atoms with Crippen LogP contribution in [0.15, 0.2) is 58.5 Å². The second kappa shape index (κ2) is 7.29. The Morgan fingerprint density at radius 2 is 1.67 bits per heavy atom. The number of aromatic nitrogens is 3. The van der Waals surface area contributed by atoms with Crippen LogP contribution in [-0.4, -0.2) is 14.1 Å². The van der Waals surface area contributed by atoms with Crippen LogP contribution < -0.4 is 15.9 Å². The van der Waals surface area contributed by atoms with Crippen molar-refractivity contribution in [3.05, 3.63) is 80.8 Å². The van der Waals surface area contributed by atoms with Crippen molar-refractivity contribution in [1.29, 1.82) is 0 Å². The van der Waals surface area contributed by atoms with Crippen molar-refractivity contribution in [3.8, 4) is 22.6 Å². The smallest absolute Gasteiger partial charge is 0.321 e. The molecule has 0 unspecified atom stereocenters. The zero-order valence-corrected chi connectivity index (χ0v) is 16.6. The standard InChI is InChI=1S/C22H19F2N3O3/c1-12-5-4-6-13(2)18(12)30-19-15(8-10-27(21(19)29)22(23)24)16-11-26(3)20(28)17-14(16)7-9-25-17/h4-11,22,25H,1-3H3. The van der Waals surface area contributed by atoms with Gasteiger partial charge in [0.15, 0.2) is 0 Å². The summed E-state index contributed by atoms with van der Waals surface area (Å²) in [5.41, 5.74) is 1.53. The third-order valence-electron chi connectivity index (χ3n) is 5.08. The Morgan fingerprint density at radius 3 is 2.33 bits per heavy atom. The van der Waals surface area contributed by atoms with Crippen LogP contribution in [0, 0.1) is 13.8 Å². The number of hydrogen-bond acceptors (Lipinski definition) is 3. The van der Waals surface area contributed by atoms with E-state index in [4.69, 9.17) is 4.74 Å². The number of aromatic amines is 1. The Morgan fingerprint density at radius 1 is 0.967 bits per heavy atom. The topological polar surface area (TPSA) is 69.0 Å². The molecule has 0 atom stereocenters. The lowest BCUT2D eigenvalue weighted by atomic mass is 10.0. The van der Waals surface area contributed by atoms with Gasteiger partial charge in [-0.25, -0.2) is 0 Å². The maximum Gasteiger partial charge on any atom is 0.321 e. The van der Waals surface area contributed by atoms with E-state index in [1.165, 1.54) is 10.6 Å². The first-order valence-electron chi connectivity index (χ1n) is 9.24. The average molecular weight is 411 g/mol. The van der Waals surface area contributed by atoms with Crippen LogP contribution in [-0.2, 0) is 7.05 Å². The summed E-state index contributed by atoms with van der Waals surface area (Å²) in [5.74, 6) is 0.203. The normalized spacial score (nSPS) is 11.4. The van der Waals surface area contributed by atoms with Crippen molar-refractivity contribution >= 4 is 10.9 Å². The van der Waals surface area contributed by atoms with Gasteiger partial charge in [0.05, 0.1) is 0 Å². The molecular formula is C22H19F2N3O3. The molecule has 0 saturated carbocycles. The summed E-state index contributed by atoms with van der Waals surface area (Å²) in [6.07, 6.45) is 4.21. The number of nitrogens with one attached hydrogen (secondary N) is 1. The van der Waals surface area contributed by atoms with Crippen LogP contribution in [0.25, 0.3) is 22.0 Å². The van der Waals surface area contributed by atoms with E-state index >= 15 is 0 Å². The molecule has 1 N–H and O–H groups in total. The van der Waals surface area contributed by atoms with Gasteiger partial charge in [-0.05, 0) is 37.1 Å². The lowest BCUT2D eigenvalue weighted by Gasteiger charge is -2.17. The summed E-state index contributed by atoms with van der Waals surface area (Å²) in [7, 11) is 1.58.